The standard InChI is InChI=1S/C44H49Cl2N7O5/c1-51(2)39(54)14-4-5-18-52-20-17-28-21-36(47-23-29(28)25-52)42(55)49-34-11-7-9-31(40(34)45)32-10-8-12-35(41(32)46)50-43(56)37-22-33(27-15-16-27)30(24-48-37)26-53-19-6-3-13-38(53)44(57)58/h7-12,21-24,27,38H,3-6,13-20,25-26H2,1-2H3,(H,49,55)(H,50,56)(H,57,58)/t38-/m0/s1. The van der Waals surface area contributed by atoms with Gasteiger partial charge in [-0.25, -0.2) is 0 Å². The molecule has 0 unspecified atom stereocenters. The van der Waals surface area contributed by atoms with Crippen molar-refractivity contribution in [3.8, 4) is 11.1 Å². The molecule has 0 spiro atoms. The fraction of sp³-hybridized carbons (Fsp3) is 0.409. The van der Waals surface area contributed by atoms with Crippen LogP contribution in [0.4, 0.5) is 11.4 Å². The first-order valence-electron chi connectivity index (χ1n) is 20.0. The van der Waals surface area contributed by atoms with Crippen LogP contribution >= 0.6 is 23.2 Å². The van der Waals surface area contributed by atoms with E-state index in [1.807, 2.05) is 17.0 Å². The number of likely N-dealkylation sites (tertiary alicyclic amines) is 1. The summed E-state index contributed by atoms with van der Waals surface area (Å²) in [6.45, 7) is 3.72. The number of amides is 3. The number of hydrogen-bond acceptors (Lipinski definition) is 8. The van der Waals surface area contributed by atoms with Crippen LogP contribution in [0, 0.1) is 0 Å². The van der Waals surface area contributed by atoms with Crippen molar-refractivity contribution < 1.29 is 24.3 Å². The highest BCUT2D eigenvalue weighted by Gasteiger charge is 2.32. The van der Waals surface area contributed by atoms with E-state index < -0.39 is 17.9 Å². The van der Waals surface area contributed by atoms with Gasteiger partial charge in [-0.3, -0.25) is 38.9 Å². The molecule has 0 bridgehead atoms. The number of halogens is 2. The summed E-state index contributed by atoms with van der Waals surface area (Å²) in [5, 5.41) is 16.2. The molecule has 1 saturated heterocycles. The van der Waals surface area contributed by atoms with E-state index in [0.29, 0.717) is 60.0 Å². The molecule has 58 heavy (non-hydrogen) atoms. The number of rotatable bonds is 14. The largest absolute Gasteiger partial charge is 0.480 e. The second-order valence-electron chi connectivity index (χ2n) is 15.7. The Balaban J connectivity index is 1.00. The van der Waals surface area contributed by atoms with E-state index in [1.54, 1.807) is 67.8 Å². The SMILES string of the molecule is CN(C)C(=O)CCCCN1CCc2cc(C(=O)Nc3cccc(-c4cccc(NC(=O)c5cc(C6CC6)c(CN6CCCC[C@H]6C(=O)O)cn5)c4Cl)c3Cl)ncc2C1. The second kappa shape index (κ2) is 18.4. The summed E-state index contributed by atoms with van der Waals surface area (Å²) in [5.74, 6) is -1.14. The fourth-order valence-electron chi connectivity index (χ4n) is 7.90. The molecule has 2 aliphatic heterocycles. The molecule has 1 aliphatic carbocycles. The Morgan fingerprint density at radius 3 is 2.12 bits per heavy atom. The van der Waals surface area contributed by atoms with Crippen molar-refractivity contribution in [3.63, 3.8) is 0 Å². The molecule has 3 aliphatic rings. The molecule has 14 heteroatoms. The zero-order valence-corrected chi connectivity index (χ0v) is 34.4. The van der Waals surface area contributed by atoms with Crippen LogP contribution in [0.15, 0.2) is 60.9 Å². The predicted molar refractivity (Wildman–Crippen MR) is 225 cm³/mol. The van der Waals surface area contributed by atoms with Gasteiger partial charge in [-0.2, -0.15) is 0 Å². The highest BCUT2D eigenvalue weighted by Crippen LogP contribution is 2.43. The molecule has 12 nitrogen and oxygen atoms in total. The Morgan fingerprint density at radius 1 is 0.828 bits per heavy atom. The van der Waals surface area contributed by atoms with Crippen molar-refractivity contribution in [3.05, 3.63) is 105 Å². The van der Waals surface area contributed by atoms with E-state index in [9.17, 15) is 24.3 Å². The number of carboxylic acid groups (broad SMARTS) is 1. The maximum absolute atomic E-state index is 13.6. The van der Waals surface area contributed by atoms with Crippen LogP contribution in [0.1, 0.15) is 101 Å². The molecular formula is C44H49Cl2N7O5. The first-order chi connectivity index (χ1) is 28.0. The molecule has 2 fully saturated rings. The quantitative estimate of drug-likeness (QED) is 0.108. The lowest BCUT2D eigenvalue weighted by atomic mass is 9.99. The number of piperidine rings is 1. The molecule has 2 aromatic carbocycles. The highest BCUT2D eigenvalue weighted by molar-refractivity contribution is 6.40. The van der Waals surface area contributed by atoms with Crippen molar-refractivity contribution in [1.82, 2.24) is 24.7 Å². The van der Waals surface area contributed by atoms with Gasteiger partial charge in [0.05, 0.1) is 21.4 Å². The number of carbonyl (C=O) groups excluding carboxylic acids is 3. The monoisotopic (exact) mass is 825 g/mol. The van der Waals surface area contributed by atoms with Gasteiger partial charge in [-0.05, 0) is 110 Å². The summed E-state index contributed by atoms with van der Waals surface area (Å²) in [7, 11) is 3.56. The third-order valence-electron chi connectivity index (χ3n) is 11.3. The molecule has 1 saturated carbocycles. The van der Waals surface area contributed by atoms with Crippen molar-refractivity contribution >= 4 is 58.3 Å². The zero-order valence-electron chi connectivity index (χ0n) is 32.9. The Morgan fingerprint density at radius 2 is 1.48 bits per heavy atom. The Hall–Kier alpha value is -4.88. The minimum atomic E-state index is -0.802. The molecule has 4 aromatic rings. The summed E-state index contributed by atoms with van der Waals surface area (Å²) < 4.78 is 0. The number of carboxylic acids is 1. The van der Waals surface area contributed by atoms with Crippen LogP contribution in [-0.4, -0.2) is 93.2 Å². The Bertz CT molecular complexity index is 2210. The van der Waals surface area contributed by atoms with Gasteiger partial charge < -0.3 is 20.6 Å². The van der Waals surface area contributed by atoms with Gasteiger partial charge in [-0.15, -0.1) is 0 Å². The molecule has 2 aromatic heterocycles. The van der Waals surface area contributed by atoms with E-state index in [2.05, 4.69) is 25.5 Å². The lowest BCUT2D eigenvalue weighted by Gasteiger charge is -2.33. The summed E-state index contributed by atoms with van der Waals surface area (Å²) in [6, 6.07) is 13.7. The van der Waals surface area contributed by atoms with Gasteiger partial charge in [0.25, 0.3) is 11.8 Å². The lowest BCUT2D eigenvalue weighted by Crippen LogP contribution is -2.44. The number of anilines is 2. The van der Waals surface area contributed by atoms with Crippen molar-refractivity contribution in [2.45, 2.75) is 82.8 Å². The number of fused-ring (bicyclic) bond motifs is 1. The van der Waals surface area contributed by atoms with E-state index >= 15 is 0 Å². The number of benzene rings is 2. The van der Waals surface area contributed by atoms with Crippen molar-refractivity contribution in [2.24, 2.45) is 0 Å². The minimum absolute atomic E-state index is 0.147. The van der Waals surface area contributed by atoms with Gasteiger partial charge in [0.2, 0.25) is 5.91 Å². The predicted octanol–water partition coefficient (Wildman–Crippen LogP) is 7.89. The van der Waals surface area contributed by atoms with Gasteiger partial charge in [-0.1, -0.05) is 53.9 Å². The number of unbranched alkanes of at least 4 members (excludes halogenated alkanes) is 1. The summed E-state index contributed by atoms with van der Waals surface area (Å²) in [6.07, 6.45) is 11.1. The number of pyridine rings is 2. The molecule has 1 atom stereocenters. The van der Waals surface area contributed by atoms with Crippen molar-refractivity contribution in [2.75, 3.05) is 44.4 Å². The summed E-state index contributed by atoms with van der Waals surface area (Å²) in [4.78, 5) is 65.9. The average Bonchev–Trinajstić information content (AvgIpc) is 4.07. The lowest BCUT2D eigenvalue weighted by molar-refractivity contribution is -0.144. The van der Waals surface area contributed by atoms with Crippen LogP contribution in [0.2, 0.25) is 10.0 Å². The molecule has 4 heterocycles. The molecule has 7 rings (SSSR count). The van der Waals surface area contributed by atoms with Crippen LogP contribution in [0.3, 0.4) is 0 Å². The highest BCUT2D eigenvalue weighted by atomic mass is 35.5. The maximum atomic E-state index is 13.6. The molecular weight excluding hydrogens is 777 g/mol. The molecule has 3 amide bonds. The average molecular weight is 827 g/mol. The second-order valence-corrected chi connectivity index (χ2v) is 16.5. The third-order valence-corrected chi connectivity index (χ3v) is 12.2. The Labute approximate surface area is 348 Å². The van der Waals surface area contributed by atoms with Gasteiger partial charge >= 0.3 is 5.97 Å². The Kier molecular flexibility index (Phi) is 13.1. The van der Waals surface area contributed by atoms with E-state index in [4.69, 9.17) is 23.2 Å². The smallest absolute Gasteiger partial charge is 0.320 e. The first kappa shape index (κ1) is 41.3. The maximum Gasteiger partial charge on any atom is 0.320 e. The number of carbonyl (C=O) groups is 4. The fourth-order valence-corrected chi connectivity index (χ4v) is 8.45. The third kappa shape index (κ3) is 9.69. The van der Waals surface area contributed by atoms with Crippen LogP contribution in [0.5, 0.6) is 0 Å². The summed E-state index contributed by atoms with van der Waals surface area (Å²) in [5.41, 5.74) is 6.63. The van der Waals surface area contributed by atoms with E-state index in [0.717, 1.165) is 86.8 Å². The molecule has 304 valence electrons. The minimum Gasteiger partial charge on any atom is -0.480 e. The van der Waals surface area contributed by atoms with E-state index in [1.165, 1.54) is 0 Å². The number of aliphatic carboxylic acids is 1. The summed E-state index contributed by atoms with van der Waals surface area (Å²) >= 11 is 13.9. The molecule has 0 radical (unpaired) electrons. The normalized spacial score (nSPS) is 17.0. The zero-order chi connectivity index (χ0) is 40.9. The first-order valence-corrected chi connectivity index (χ1v) is 20.8. The van der Waals surface area contributed by atoms with Crippen LogP contribution in [0.25, 0.3) is 11.1 Å². The van der Waals surface area contributed by atoms with Crippen LogP contribution in [-0.2, 0) is 29.1 Å². The van der Waals surface area contributed by atoms with Gasteiger partial charge in [0.1, 0.15) is 17.4 Å². The topological polar surface area (TPSA) is 148 Å². The van der Waals surface area contributed by atoms with Crippen LogP contribution < -0.4 is 10.6 Å². The number of nitrogens with one attached hydrogen (secondary N) is 2. The number of hydrogen-bond donors (Lipinski definition) is 3. The number of nitrogens with zero attached hydrogens (tertiary/aromatic N) is 5. The van der Waals surface area contributed by atoms with Crippen molar-refractivity contribution in [1.29, 1.82) is 0 Å². The van der Waals surface area contributed by atoms with Gasteiger partial charge in [0, 0.05) is 63.7 Å². The molecule has 3 N–H and O–H groups in total. The van der Waals surface area contributed by atoms with Gasteiger partial charge in [0.15, 0.2) is 0 Å². The number of aromatic nitrogens is 2. The van der Waals surface area contributed by atoms with E-state index in [-0.39, 0.29) is 27.6 Å².